The van der Waals surface area contributed by atoms with Gasteiger partial charge < -0.3 is 4.74 Å². The Labute approximate surface area is 156 Å². The summed E-state index contributed by atoms with van der Waals surface area (Å²) >= 11 is 2.75. The number of carbonyl (C=O) groups is 2. The van der Waals surface area contributed by atoms with Crippen molar-refractivity contribution in [3.05, 3.63) is 46.0 Å². The molecule has 0 unspecified atom stereocenters. The summed E-state index contributed by atoms with van der Waals surface area (Å²) in [6, 6.07) is 5.64. The highest BCUT2D eigenvalue weighted by molar-refractivity contribution is 8.01. The second-order valence-electron chi connectivity index (χ2n) is 4.64. The van der Waals surface area contributed by atoms with Crippen molar-refractivity contribution in [2.24, 2.45) is 0 Å². The largest absolute Gasteiger partial charge is 0.452 e. The Balaban J connectivity index is 1.78. The fourth-order valence-corrected chi connectivity index (χ4v) is 3.32. The summed E-state index contributed by atoms with van der Waals surface area (Å²) in [4.78, 5) is 33.4. The van der Waals surface area contributed by atoms with Gasteiger partial charge in [0.1, 0.15) is 0 Å². The van der Waals surface area contributed by atoms with E-state index in [0.29, 0.717) is 10.7 Å². The highest BCUT2D eigenvalue weighted by Gasteiger charge is 2.10. The summed E-state index contributed by atoms with van der Waals surface area (Å²) < 4.78 is 5.56. The number of non-ortho nitro benzene ring substituents is 1. The van der Waals surface area contributed by atoms with Crippen molar-refractivity contribution >= 4 is 51.9 Å². The van der Waals surface area contributed by atoms with Crippen molar-refractivity contribution < 1.29 is 19.2 Å². The molecule has 0 aliphatic heterocycles. The van der Waals surface area contributed by atoms with Gasteiger partial charge in [0.25, 0.3) is 11.6 Å². The molecule has 1 amide bonds. The number of thioether (sulfide) groups is 1. The zero-order valence-corrected chi connectivity index (χ0v) is 15.2. The number of hydrogen-bond acceptors (Lipinski definition) is 9. The van der Waals surface area contributed by atoms with Crippen molar-refractivity contribution in [1.29, 1.82) is 0 Å². The monoisotopic (exact) mass is 394 g/mol. The molecule has 1 N–H and O–H groups in total. The Bertz CT molecular complexity index is 820. The first-order chi connectivity index (χ1) is 12.5. The molecule has 136 valence electrons. The number of rotatable bonds is 8. The maximum Gasteiger partial charge on any atom is 0.331 e. The van der Waals surface area contributed by atoms with Crippen LogP contribution in [-0.2, 0) is 14.3 Å². The number of carbonyl (C=O) groups excluding carboxylic acids is 2. The first-order valence-electron chi connectivity index (χ1n) is 7.33. The first-order valence-corrected chi connectivity index (χ1v) is 9.13. The molecule has 0 aliphatic carbocycles. The number of amides is 1. The molecule has 0 aliphatic rings. The van der Waals surface area contributed by atoms with E-state index in [1.165, 1.54) is 53.4 Å². The normalized spacial score (nSPS) is 10.7. The Morgan fingerprint density at radius 3 is 2.73 bits per heavy atom. The molecule has 2 rings (SSSR count). The number of ether oxygens (including phenoxy) is 1. The zero-order chi connectivity index (χ0) is 18.9. The lowest BCUT2D eigenvalue weighted by molar-refractivity contribution is -0.384. The van der Waals surface area contributed by atoms with Gasteiger partial charge in [0.2, 0.25) is 5.13 Å². The minimum atomic E-state index is -0.710. The Morgan fingerprint density at radius 2 is 2.08 bits per heavy atom. The molecule has 1 aromatic heterocycles. The second kappa shape index (κ2) is 9.63. The molecule has 11 heteroatoms. The number of esters is 1. The van der Waals surface area contributed by atoms with E-state index < -0.39 is 23.4 Å². The van der Waals surface area contributed by atoms with E-state index in [4.69, 9.17) is 4.74 Å². The van der Waals surface area contributed by atoms with E-state index in [1.54, 1.807) is 0 Å². The smallest absolute Gasteiger partial charge is 0.331 e. The van der Waals surface area contributed by atoms with Crippen LogP contribution in [0, 0.1) is 10.1 Å². The highest BCUT2D eigenvalue weighted by atomic mass is 32.2. The van der Waals surface area contributed by atoms with Gasteiger partial charge >= 0.3 is 5.97 Å². The minimum absolute atomic E-state index is 0.0430. The minimum Gasteiger partial charge on any atom is -0.452 e. The van der Waals surface area contributed by atoms with Crippen molar-refractivity contribution in [1.82, 2.24) is 10.2 Å². The summed E-state index contributed by atoms with van der Waals surface area (Å²) in [7, 11) is 0. The Kier molecular flexibility index (Phi) is 7.24. The maximum absolute atomic E-state index is 11.7. The Hall–Kier alpha value is -2.79. The molecule has 0 bridgehead atoms. The molecule has 2 aromatic rings. The fraction of sp³-hybridized carbons (Fsp3) is 0.200. The summed E-state index contributed by atoms with van der Waals surface area (Å²) in [6.07, 6.45) is 2.57. The number of nitro benzene ring substituents is 1. The van der Waals surface area contributed by atoms with Gasteiger partial charge in [0.05, 0.1) is 4.92 Å². The van der Waals surface area contributed by atoms with Crippen molar-refractivity contribution in [2.75, 3.05) is 17.7 Å². The number of nitro groups is 1. The zero-order valence-electron chi connectivity index (χ0n) is 13.6. The topological polar surface area (TPSA) is 124 Å². The molecule has 1 aromatic carbocycles. The van der Waals surface area contributed by atoms with Crippen LogP contribution in [0.1, 0.15) is 12.5 Å². The van der Waals surface area contributed by atoms with Crippen LogP contribution in [0.2, 0.25) is 0 Å². The average molecular weight is 394 g/mol. The van der Waals surface area contributed by atoms with Crippen molar-refractivity contribution in [3.63, 3.8) is 0 Å². The van der Waals surface area contributed by atoms with Gasteiger partial charge in [-0.05, 0) is 29.5 Å². The molecule has 0 spiro atoms. The number of aromatic nitrogens is 2. The van der Waals surface area contributed by atoms with Crippen LogP contribution in [0.5, 0.6) is 0 Å². The predicted octanol–water partition coefficient (Wildman–Crippen LogP) is 2.75. The number of benzene rings is 1. The van der Waals surface area contributed by atoms with Crippen LogP contribution in [0.15, 0.2) is 34.7 Å². The number of nitrogens with zero attached hydrogens (tertiary/aromatic N) is 3. The fourth-order valence-electron chi connectivity index (χ4n) is 1.65. The van der Waals surface area contributed by atoms with Crippen LogP contribution in [0.4, 0.5) is 10.8 Å². The average Bonchev–Trinajstić information content (AvgIpc) is 3.05. The maximum atomic E-state index is 11.7. The van der Waals surface area contributed by atoms with Crippen molar-refractivity contribution in [2.45, 2.75) is 11.3 Å². The lowest BCUT2D eigenvalue weighted by Crippen LogP contribution is -2.20. The highest BCUT2D eigenvalue weighted by Crippen LogP contribution is 2.24. The van der Waals surface area contributed by atoms with Gasteiger partial charge in [0.15, 0.2) is 10.9 Å². The van der Waals surface area contributed by atoms with E-state index in [-0.39, 0.29) is 5.69 Å². The number of anilines is 1. The molecule has 0 saturated heterocycles. The van der Waals surface area contributed by atoms with Gasteiger partial charge in [0, 0.05) is 18.2 Å². The van der Waals surface area contributed by atoms with E-state index in [2.05, 4.69) is 15.5 Å². The lowest BCUT2D eigenvalue weighted by Gasteiger charge is -2.01. The van der Waals surface area contributed by atoms with E-state index >= 15 is 0 Å². The van der Waals surface area contributed by atoms with E-state index in [9.17, 15) is 19.7 Å². The van der Waals surface area contributed by atoms with Crippen LogP contribution in [-0.4, -0.2) is 39.4 Å². The van der Waals surface area contributed by atoms with E-state index in [0.717, 1.165) is 16.2 Å². The quantitative estimate of drug-likeness (QED) is 0.181. The molecule has 1 heterocycles. The summed E-state index contributed by atoms with van der Waals surface area (Å²) in [5.74, 6) is -0.384. The van der Waals surface area contributed by atoms with Gasteiger partial charge in [-0.3, -0.25) is 20.2 Å². The molecule has 0 radical (unpaired) electrons. The van der Waals surface area contributed by atoms with E-state index in [1.807, 2.05) is 6.92 Å². The van der Waals surface area contributed by atoms with Gasteiger partial charge in [-0.25, -0.2) is 4.79 Å². The molecule has 0 fully saturated rings. The molecule has 26 heavy (non-hydrogen) atoms. The third kappa shape index (κ3) is 6.26. The second-order valence-corrected chi connectivity index (χ2v) is 7.13. The Morgan fingerprint density at radius 1 is 1.35 bits per heavy atom. The third-order valence-electron chi connectivity index (χ3n) is 2.78. The van der Waals surface area contributed by atoms with Gasteiger partial charge in [-0.2, -0.15) is 0 Å². The van der Waals surface area contributed by atoms with Gasteiger partial charge in [-0.1, -0.05) is 30.0 Å². The summed E-state index contributed by atoms with van der Waals surface area (Å²) in [6.45, 7) is 1.52. The SMILES string of the molecule is CCSc1nnc(NC(=O)COC(=O)C=Cc2ccc([N+](=O)[O-])cc2)s1. The molecular formula is C15H14N4O5S2. The predicted molar refractivity (Wildman–Crippen MR) is 98.0 cm³/mol. The van der Waals surface area contributed by atoms with Crippen LogP contribution < -0.4 is 5.32 Å². The van der Waals surface area contributed by atoms with Crippen LogP contribution in [0.3, 0.4) is 0 Å². The number of hydrogen-bond donors (Lipinski definition) is 1. The van der Waals surface area contributed by atoms with Crippen molar-refractivity contribution in [3.8, 4) is 0 Å². The van der Waals surface area contributed by atoms with Crippen LogP contribution in [0.25, 0.3) is 6.08 Å². The standard InChI is InChI=1S/C15H14N4O5S2/c1-2-25-15-18-17-14(26-15)16-12(20)9-24-13(21)8-5-10-3-6-11(7-4-10)19(22)23/h3-8H,2,9H2,1H3,(H,16,17,20). The summed E-state index contributed by atoms with van der Waals surface area (Å²) in [5.41, 5.74) is 0.547. The third-order valence-corrected chi connectivity index (χ3v) is 4.64. The molecule has 0 saturated carbocycles. The molecule has 0 atom stereocenters. The molecule has 9 nitrogen and oxygen atoms in total. The first kappa shape index (κ1) is 19.5. The number of nitrogens with one attached hydrogen (secondary N) is 1. The van der Waals surface area contributed by atoms with Gasteiger partial charge in [-0.15, -0.1) is 10.2 Å². The summed E-state index contributed by atoms with van der Waals surface area (Å²) in [5, 5.41) is 21.1. The molecular weight excluding hydrogens is 380 g/mol. The lowest BCUT2D eigenvalue weighted by atomic mass is 10.2. The van der Waals surface area contributed by atoms with Crippen LogP contribution >= 0.6 is 23.1 Å².